The molecule has 2 N–H and O–H groups in total. The lowest BCUT2D eigenvalue weighted by Gasteiger charge is -2.14. The van der Waals surface area contributed by atoms with Crippen LogP contribution in [0.2, 0.25) is 0 Å². The summed E-state index contributed by atoms with van der Waals surface area (Å²) in [6.07, 6.45) is -1.20. The highest BCUT2D eigenvalue weighted by Crippen LogP contribution is 2.23. The van der Waals surface area contributed by atoms with Crippen molar-refractivity contribution in [3.8, 4) is 0 Å². The van der Waals surface area contributed by atoms with Crippen molar-refractivity contribution in [2.24, 2.45) is 0 Å². The Kier molecular flexibility index (Phi) is 6.80. The first-order valence-corrected chi connectivity index (χ1v) is 8.36. The molecule has 0 spiro atoms. The van der Waals surface area contributed by atoms with Gasteiger partial charge in [0, 0.05) is 18.7 Å². The molecule has 0 radical (unpaired) electrons. The first kappa shape index (κ1) is 20.6. The van der Waals surface area contributed by atoms with Crippen LogP contribution in [0.4, 0.5) is 17.1 Å². The number of rotatable bonds is 7. The number of carbonyl (C=O) groups excluding carboxylic acids is 3. The molecule has 0 fully saturated rings. The van der Waals surface area contributed by atoms with Gasteiger partial charge in [0.2, 0.25) is 5.91 Å². The number of benzene rings is 2. The Labute approximate surface area is 160 Å². The second-order valence-electron chi connectivity index (χ2n) is 5.95. The molecule has 0 aliphatic carbocycles. The van der Waals surface area contributed by atoms with Crippen LogP contribution in [0.1, 0.15) is 19.4 Å². The molecular weight excluding hydrogens is 366 g/mol. The zero-order valence-electron chi connectivity index (χ0n) is 15.3. The predicted molar refractivity (Wildman–Crippen MR) is 102 cm³/mol. The molecule has 2 amide bonds. The second-order valence-corrected chi connectivity index (χ2v) is 5.95. The number of nitrogens with one attached hydrogen (secondary N) is 2. The first-order valence-electron chi connectivity index (χ1n) is 8.36. The number of hydrogen-bond donors (Lipinski definition) is 2. The Morgan fingerprint density at radius 1 is 1.07 bits per heavy atom. The van der Waals surface area contributed by atoms with Crippen molar-refractivity contribution in [3.05, 3.63) is 64.2 Å². The van der Waals surface area contributed by atoms with Gasteiger partial charge in [-0.05, 0) is 30.7 Å². The van der Waals surface area contributed by atoms with E-state index in [2.05, 4.69) is 10.6 Å². The Balaban J connectivity index is 1.92. The number of nitrogens with zero attached hydrogens (tertiary/aromatic N) is 1. The third-order valence-corrected chi connectivity index (χ3v) is 3.66. The predicted octanol–water partition coefficient (Wildman–Crippen LogP) is 2.67. The van der Waals surface area contributed by atoms with Crippen LogP contribution in [-0.2, 0) is 25.5 Å². The highest BCUT2D eigenvalue weighted by molar-refractivity contribution is 5.97. The maximum Gasteiger partial charge on any atom is 0.311 e. The molecule has 2 rings (SSSR count). The number of nitro benzene ring substituents is 1. The number of anilines is 2. The monoisotopic (exact) mass is 385 g/mol. The quantitative estimate of drug-likeness (QED) is 0.428. The maximum absolute atomic E-state index is 12.2. The van der Waals surface area contributed by atoms with Gasteiger partial charge >= 0.3 is 5.97 Å². The summed E-state index contributed by atoms with van der Waals surface area (Å²) in [7, 11) is 0. The number of ether oxygens (including phenoxy) is 1. The van der Waals surface area contributed by atoms with Gasteiger partial charge < -0.3 is 15.4 Å². The zero-order valence-corrected chi connectivity index (χ0v) is 15.3. The summed E-state index contributed by atoms with van der Waals surface area (Å²) >= 11 is 0. The molecule has 0 aliphatic rings. The lowest BCUT2D eigenvalue weighted by atomic mass is 10.1. The van der Waals surface area contributed by atoms with Crippen molar-refractivity contribution < 1.29 is 24.0 Å². The molecule has 9 nitrogen and oxygen atoms in total. The van der Waals surface area contributed by atoms with E-state index in [0.717, 1.165) is 0 Å². The van der Waals surface area contributed by atoms with Crippen LogP contribution in [0.15, 0.2) is 48.5 Å². The molecule has 0 bridgehead atoms. The van der Waals surface area contributed by atoms with Crippen LogP contribution in [0, 0.1) is 10.1 Å². The third-order valence-electron chi connectivity index (χ3n) is 3.66. The number of esters is 1. The topological polar surface area (TPSA) is 128 Å². The minimum absolute atomic E-state index is 0.0222. The maximum atomic E-state index is 12.2. The highest BCUT2D eigenvalue weighted by Gasteiger charge is 2.21. The van der Waals surface area contributed by atoms with Crippen molar-refractivity contribution in [1.82, 2.24) is 0 Å². The van der Waals surface area contributed by atoms with Crippen LogP contribution in [0.5, 0.6) is 0 Å². The fourth-order valence-corrected chi connectivity index (χ4v) is 2.34. The molecule has 1 atom stereocenters. The van der Waals surface area contributed by atoms with Crippen LogP contribution in [-0.4, -0.2) is 28.8 Å². The van der Waals surface area contributed by atoms with Gasteiger partial charge in [0.15, 0.2) is 6.10 Å². The molecule has 0 saturated heterocycles. The molecule has 0 aliphatic heterocycles. The largest absolute Gasteiger partial charge is 0.452 e. The van der Waals surface area contributed by atoms with Gasteiger partial charge in [-0.2, -0.15) is 0 Å². The van der Waals surface area contributed by atoms with E-state index in [0.29, 0.717) is 11.3 Å². The number of carbonyl (C=O) groups is 3. The number of nitro groups is 1. The molecule has 2 aromatic carbocycles. The first-order chi connectivity index (χ1) is 13.3. The average Bonchev–Trinajstić information content (AvgIpc) is 2.63. The summed E-state index contributed by atoms with van der Waals surface area (Å²) in [6.45, 7) is 2.77. The minimum atomic E-state index is -1.13. The van der Waals surface area contributed by atoms with E-state index >= 15 is 0 Å². The van der Waals surface area contributed by atoms with Gasteiger partial charge in [0.05, 0.1) is 11.3 Å². The third kappa shape index (κ3) is 5.90. The van der Waals surface area contributed by atoms with Gasteiger partial charge in [0.1, 0.15) is 5.69 Å². The number of hydrogen-bond acceptors (Lipinski definition) is 6. The lowest BCUT2D eigenvalue weighted by molar-refractivity contribution is -0.383. The van der Waals surface area contributed by atoms with Crippen molar-refractivity contribution in [2.75, 3.05) is 10.6 Å². The highest BCUT2D eigenvalue weighted by atomic mass is 16.6. The SMILES string of the molecule is CC(=O)Nc1ccc(CC(=O)O[C@@H](C)C(=O)Nc2ccccc2[N+](=O)[O-])cc1. The van der Waals surface area contributed by atoms with Crippen LogP contribution in [0.3, 0.4) is 0 Å². The standard InChI is InChI=1S/C19H19N3O6/c1-12(19(25)21-16-5-3-4-6-17(16)22(26)27)28-18(24)11-14-7-9-15(10-8-14)20-13(2)23/h3-10,12H,11H2,1-2H3,(H,20,23)(H,21,25)/t12-/m0/s1. The summed E-state index contributed by atoms with van der Waals surface area (Å²) in [5.41, 5.74) is 1.01. The molecule has 0 unspecified atom stereocenters. The molecule has 9 heteroatoms. The van der Waals surface area contributed by atoms with E-state index in [4.69, 9.17) is 4.74 Å². The summed E-state index contributed by atoms with van der Waals surface area (Å²) < 4.78 is 5.09. The van der Waals surface area contributed by atoms with Gasteiger partial charge in [-0.3, -0.25) is 24.5 Å². The van der Waals surface area contributed by atoms with E-state index in [1.807, 2.05) is 0 Å². The van der Waals surface area contributed by atoms with E-state index in [-0.39, 0.29) is 23.7 Å². The van der Waals surface area contributed by atoms with Crippen LogP contribution < -0.4 is 10.6 Å². The molecule has 28 heavy (non-hydrogen) atoms. The van der Waals surface area contributed by atoms with Gasteiger partial charge in [-0.15, -0.1) is 0 Å². The van der Waals surface area contributed by atoms with Crippen LogP contribution in [0.25, 0.3) is 0 Å². The Bertz CT molecular complexity index is 895. The summed E-state index contributed by atoms with van der Waals surface area (Å²) in [5, 5.41) is 16.0. The zero-order chi connectivity index (χ0) is 20.7. The van der Waals surface area contributed by atoms with Crippen molar-refractivity contribution in [2.45, 2.75) is 26.4 Å². The van der Waals surface area contributed by atoms with E-state index in [9.17, 15) is 24.5 Å². The fraction of sp³-hybridized carbons (Fsp3) is 0.211. The average molecular weight is 385 g/mol. The van der Waals surface area contributed by atoms with E-state index < -0.39 is 22.9 Å². The van der Waals surface area contributed by atoms with Gasteiger partial charge in [0.25, 0.3) is 11.6 Å². The van der Waals surface area contributed by atoms with Gasteiger partial charge in [-0.1, -0.05) is 24.3 Å². The fourth-order valence-electron chi connectivity index (χ4n) is 2.34. The van der Waals surface area contributed by atoms with E-state index in [1.165, 1.54) is 32.0 Å². The molecule has 2 aromatic rings. The smallest absolute Gasteiger partial charge is 0.311 e. The Morgan fingerprint density at radius 2 is 1.71 bits per heavy atom. The number of para-hydroxylation sites is 2. The van der Waals surface area contributed by atoms with Crippen molar-refractivity contribution in [3.63, 3.8) is 0 Å². The Morgan fingerprint density at radius 3 is 2.32 bits per heavy atom. The molecule has 146 valence electrons. The molecular formula is C19H19N3O6. The van der Waals surface area contributed by atoms with Crippen LogP contribution >= 0.6 is 0 Å². The van der Waals surface area contributed by atoms with Crippen molar-refractivity contribution in [1.29, 1.82) is 0 Å². The molecule has 0 aromatic heterocycles. The number of amides is 2. The summed E-state index contributed by atoms with van der Waals surface area (Å²) in [6, 6.07) is 12.3. The summed E-state index contributed by atoms with van der Waals surface area (Å²) in [4.78, 5) is 45.6. The lowest BCUT2D eigenvalue weighted by Crippen LogP contribution is -2.30. The van der Waals surface area contributed by atoms with Crippen molar-refractivity contribution >= 4 is 34.8 Å². The minimum Gasteiger partial charge on any atom is -0.452 e. The molecule has 0 heterocycles. The normalized spacial score (nSPS) is 11.2. The summed E-state index contributed by atoms with van der Waals surface area (Å²) in [5.74, 6) is -1.51. The Hall–Kier alpha value is -3.75. The van der Waals surface area contributed by atoms with E-state index in [1.54, 1.807) is 30.3 Å². The molecule has 0 saturated carbocycles. The second kappa shape index (κ2) is 9.26. The van der Waals surface area contributed by atoms with Gasteiger partial charge in [-0.25, -0.2) is 0 Å².